The third-order valence-electron chi connectivity index (χ3n) is 3.20. The highest BCUT2D eigenvalue weighted by molar-refractivity contribution is 7.99. The van der Waals surface area contributed by atoms with Crippen molar-refractivity contribution in [2.75, 3.05) is 12.3 Å². The van der Waals surface area contributed by atoms with Gasteiger partial charge in [0.2, 0.25) is 5.91 Å². The number of rotatable bonds is 6. The zero-order valence-electron chi connectivity index (χ0n) is 10.5. The van der Waals surface area contributed by atoms with Gasteiger partial charge in [0, 0.05) is 17.4 Å². The largest absolute Gasteiger partial charge is 0.370 e. The summed E-state index contributed by atoms with van der Waals surface area (Å²) in [5.41, 5.74) is 6.54. The molecule has 1 aromatic carbocycles. The third-order valence-corrected chi connectivity index (χ3v) is 4.32. The molecule has 1 amide bonds. The van der Waals surface area contributed by atoms with Gasteiger partial charge in [-0.15, -0.1) is 11.8 Å². The SMILES string of the molecule is NC(=O)CCCCNC1CCSc2ccccc21. The van der Waals surface area contributed by atoms with Crippen LogP contribution < -0.4 is 11.1 Å². The molecule has 2 rings (SSSR count). The van der Waals surface area contributed by atoms with E-state index in [-0.39, 0.29) is 5.91 Å². The number of thioether (sulfide) groups is 1. The molecule has 0 fully saturated rings. The minimum Gasteiger partial charge on any atom is -0.370 e. The van der Waals surface area contributed by atoms with E-state index >= 15 is 0 Å². The van der Waals surface area contributed by atoms with Gasteiger partial charge in [-0.2, -0.15) is 0 Å². The van der Waals surface area contributed by atoms with Crippen molar-refractivity contribution in [1.82, 2.24) is 5.32 Å². The first-order valence-electron chi connectivity index (χ1n) is 6.51. The Labute approximate surface area is 113 Å². The summed E-state index contributed by atoms with van der Waals surface area (Å²) in [6.45, 7) is 0.955. The van der Waals surface area contributed by atoms with Gasteiger partial charge < -0.3 is 11.1 Å². The second-order valence-corrected chi connectivity index (χ2v) is 5.74. The van der Waals surface area contributed by atoms with Crippen molar-refractivity contribution in [1.29, 1.82) is 0 Å². The van der Waals surface area contributed by atoms with Crippen molar-refractivity contribution < 1.29 is 4.79 Å². The number of nitrogens with two attached hydrogens (primary N) is 1. The van der Waals surface area contributed by atoms with Gasteiger partial charge >= 0.3 is 0 Å². The van der Waals surface area contributed by atoms with Gasteiger partial charge in [-0.3, -0.25) is 4.79 Å². The van der Waals surface area contributed by atoms with Crippen LogP contribution in [0.4, 0.5) is 0 Å². The Morgan fingerprint density at radius 1 is 1.39 bits per heavy atom. The molecule has 3 nitrogen and oxygen atoms in total. The summed E-state index contributed by atoms with van der Waals surface area (Å²) in [6.07, 6.45) is 3.57. The van der Waals surface area contributed by atoms with Crippen LogP contribution in [0.5, 0.6) is 0 Å². The van der Waals surface area contributed by atoms with E-state index in [4.69, 9.17) is 5.73 Å². The number of nitrogens with one attached hydrogen (secondary N) is 1. The molecule has 0 saturated carbocycles. The van der Waals surface area contributed by atoms with Crippen molar-refractivity contribution in [3.8, 4) is 0 Å². The molecule has 0 bridgehead atoms. The minimum absolute atomic E-state index is 0.200. The molecule has 4 heteroatoms. The van der Waals surface area contributed by atoms with E-state index in [0.29, 0.717) is 12.5 Å². The fourth-order valence-electron chi connectivity index (χ4n) is 2.25. The third kappa shape index (κ3) is 3.75. The molecule has 18 heavy (non-hydrogen) atoms. The summed E-state index contributed by atoms with van der Waals surface area (Å²) in [5.74, 6) is 0.977. The van der Waals surface area contributed by atoms with Crippen LogP contribution in [-0.4, -0.2) is 18.2 Å². The predicted octanol–water partition coefficient (Wildman–Crippen LogP) is 2.47. The first kappa shape index (κ1) is 13.4. The fraction of sp³-hybridized carbons (Fsp3) is 0.500. The average Bonchev–Trinajstić information content (AvgIpc) is 2.38. The molecule has 1 atom stereocenters. The van der Waals surface area contributed by atoms with Crippen molar-refractivity contribution in [2.45, 2.75) is 36.6 Å². The predicted molar refractivity (Wildman–Crippen MR) is 75.6 cm³/mol. The summed E-state index contributed by atoms with van der Waals surface area (Å²) < 4.78 is 0. The molecule has 0 radical (unpaired) electrons. The highest BCUT2D eigenvalue weighted by Gasteiger charge is 2.19. The smallest absolute Gasteiger partial charge is 0.217 e. The Morgan fingerprint density at radius 3 is 3.06 bits per heavy atom. The Hall–Kier alpha value is -1.00. The second kappa shape index (κ2) is 6.81. The lowest BCUT2D eigenvalue weighted by atomic mass is 10.0. The van der Waals surface area contributed by atoms with E-state index in [1.807, 2.05) is 11.8 Å². The lowest BCUT2D eigenvalue weighted by molar-refractivity contribution is -0.118. The Kier molecular flexibility index (Phi) is 5.08. The highest BCUT2D eigenvalue weighted by atomic mass is 32.2. The molecule has 0 saturated heterocycles. The number of fused-ring (bicyclic) bond motifs is 1. The van der Waals surface area contributed by atoms with Gasteiger partial charge in [-0.1, -0.05) is 18.2 Å². The molecule has 98 valence electrons. The van der Waals surface area contributed by atoms with E-state index in [1.165, 1.54) is 22.6 Å². The molecule has 1 aliphatic rings. The monoisotopic (exact) mass is 264 g/mol. The Bertz CT molecular complexity index is 409. The van der Waals surface area contributed by atoms with Gasteiger partial charge in [-0.05, 0) is 43.2 Å². The zero-order valence-corrected chi connectivity index (χ0v) is 11.3. The number of hydrogen-bond acceptors (Lipinski definition) is 3. The number of benzene rings is 1. The highest BCUT2D eigenvalue weighted by Crippen LogP contribution is 2.35. The molecule has 1 heterocycles. The van der Waals surface area contributed by atoms with Crippen LogP contribution in [-0.2, 0) is 4.79 Å². The standard InChI is InChI=1S/C14H20N2OS/c15-14(17)7-3-4-9-16-12-8-10-18-13-6-2-1-5-11(12)13/h1-2,5-6,12,16H,3-4,7-10H2,(H2,15,17). The van der Waals surface area contributed by atoms with Crippen molar-refractivity contribution in [3.05, 3.63) is 29.8 Å². The zero-order chi connectivity index (χ0) is 12.8. The molecular weight excluding hydrogens is 244 g/mol. The number of carbonyl (C=O) groups excluding carboxylic acids is 1. The number of hydrogen-bond donors (Lipinski definition) is 2. The van der Waals surface area contributed by atoms with Crippen LogP contribution in [0.3, 0.4) is 0 Å². The van der Waals surface area contributed by atoms with E-state index in [2.05, 4.69) is 29.6 Å². The van der Waals surface area contributed by atoms with Crippen LogP contribution in [0.2, 0.25) is 0 Å². The lowest BCUT2D eigenvalue weighted by Gasteiger charge is -2.26. The van der Waals surface area contributed by atoms with Crippen molar-refractivity contribution >= 4 is 17.7 Å². The fourth-order valence-corrected chi connectivity index (χ4v) is 3.38. The van der Waals surface area contributed by atoms with E-state index in [1.54, 1.807) is 0 Å². The van der Waals surface area contributed by atoms with Crippen molar-refractivity contribution in [3.63, 3.8) is 0 Å². The van der Waals surface area contributed by atoms with Gasteiger partial charge in [0.15, 0.2) is 0 Å². The molecular formula is C14H20N2OS. The summed E-state index contributed by atoms with van der Waals surface area (Å²) in [4.78, 5) is 12.0. The molecule has 0 aliphatic carbocycles. The van der Waals surface area contributed by atoms with E-state index < -0.39 is 0 Å². The number of amides is 1. The van der Waals surface area contributed by atoms with Crippen LogP contribution in [0.25, 0.3) is 0 Å². The Balaban J connectivity index is 1.79. The lowest BCUT2D eigenvalue weighted by Crippen LogP contribution is -2.25. The van der Waals surface area contributed by atoms with Crippen LogP contribution >= 0.6 is 11.8 Å². The second-order valence-electron chi connectivity index (χ2n) is 4.61. The number of carbonyl (C=O) groups is 1. The number of primary amides is 1. The maximum atomic E-state index is 10.6. The molecule has 0 aromatic heterocycles. The topological polar surface area (TPSA) is 55.1 Å². The molecule has 1 unspecified atom stereocenters. The van der Waals surface area contributed by atoms with Crippen LogP contribution in [0.15, 0.2) is 29.2 Å². The van der Waals surface area contributed by atoms with Crippen molar-refractivity contribution in [2.24, 2.45) is 5.73 Å². The molecule has 1 aromatic rings. The maximum absolute atomic E-state index is 10.6. The normalized spacial score (nSPS) is 18.3. The van der Waals surface area contributed by atoms with Gasteiger partial charge in [0.25, 0.3) is 0 Å². The molecule has 0 spiro atoms. The van der Waals surface area contributed by atoms with Gasteiger partial charge in [0.05, 0.1) is 0 Å². The van der Waals surface area contributed by atoms with Crippen LogP contribution in [0.1, 0.15) is 37.3 Å². The van der Waals surface area contributed by atoms with E-state index in [0.717, 1.165) is 19.4 Å². The van der Waals surface area contributed by atoms with Crippen LogP contribution in [0, 0.1) is 0 Å². The van der Waals surface area contributed by atoms with Gasteiger partial charge in [-0.25, -0.2) is 0 Å². The average molecular weight is 264 g/mol. The summed E-state index contributed by atoms with van der Waals surface area (Å²) in [5, 5.41) is 3.59. The number of unbranched alkanes of at least 4 members (excludes halogenated alkanes) is 1. The van der Waals surface area contributed by atoms with E-state index in [9.17, 15) is 4.79 Å². The summed E-state index contributed by atoms with van der Waals surface area (Å²) in [7, 11) is 0. The minimum atomic E-state index is -0.200. The maximum Gasteiger partial charge on any atom is 0.217 e. The summed E-state index contributed by atoms with van der Waals surface area (Å²) >= 11 is 1.94. The summed E-state index contributed by atoms with van der Waals surface area (Å²) in [6, 6.07) is 9.08. The Morgan fingerprint density at radius 2 is 2.22 bits per heavy atom. The molecule has 3 N–H and O–H groups in total. The first-order valence-corrected chi connectivity index (χ1v) is 7.49. The molecule has 1 aliphatic heterocycles. The van der Waals surface area contributed by atoms with Gasteiger partial charge in [0.1, 0.15) is 0 Å². The quantitative estimate of drug-likeness (QED) is 0.776. The first-order chi connectivity index (χ1) is 8.77.